The van der Waals surface area contributed by atoms with Crippen molar-refractivity contribution in [1.82, 2.24) is 15.0 Å². The summed E-state index contributed by atoms with van der Waals surface area (Å²) in [5.74, 6) is 1.95. The van der Waals surface area contributed by atoms with E-state index in [-0.39, 0.29) is 0 Å². The minimum atomic E-state index is 0.645. The summed E-state index contributed by atoms with van der Waals surface area (Å²) in [6, 6.07) is 48.1. The second-order valence-electron chi connectivity index (χ2n) is 10.8. The minimum Gasteiger partial charge on any atom is -0.456 e. The molecule has 7 aromatic carbocycles. The summed E-state index contributed by atoms with van der Waals surface area (Å²) in [5, 5.41) is 9.04. The maximum atomic E-state index is 6.26. The Kier molecular flexibility index (Phi) is 5.16. The molecule has 0 aliphatic rings. The van der Waals surface area contributed by atoms with Gasteiger partial charge in [-0.3, -0.25) is 0 Å². The van der Waals surface area contributed by atoms with Gasteiger partial charge < -0.3 is 4.42 Å². The Morgan fingerprint density at radius 1 is 0.349 bits per heavy atom. The van der Waals surface area contributed by atoms with E-state index in [1.165, 1.54) is 5.39 Å². The van der Waals surface area contributed by atoms with Crippen LogP contribution in [0.4, 0.5) is 0 Å². The van der Waals surface area contributed by atoms with Crippen molar-refractivity contribution in [3.8, 4) is 34.2 Å². The fourth-order valence-electron chi connectivity index (χ4n) is 6.26. The monoisotopic (exact) mass is 549 g/mol. The van der Waals surface area contributed by atoms with Crippen LogP contribution in [0.2, 0.25) is 0 Å². The number of furan rings is 1. The molecule has 0 unspecified atom stereocenters. The van der Waals surface area contributed by atoms with Crippen LogP contribution in [0.15, 0.2) is 144 Å². The molecule has 0 spiro atoms. The molecule has 9 aromatic rings. The first-order chi connectivity index (χ1) is 21.3. The van der Waals surface area contributed by atoms with E-state index in [4.69, 9.17) is 19.4 Å². The van der Waals surface area contributed by atoms with E-state index in [1.807, 2.05) is 42.5 Å². The van der Waals surface area contributed by atoms with Crippen molar-refractivity contribution in [2.24, 2.45) is 0 Å². The fraction of sp³-hybridized carbons (Fsp3) is 0. The standard InChI is InChI=1S/C39H23N3O/c1-2-11-25(12-3-1)37-40-38(31-17-8-13-24-10-4-5-14-27(24)31)42-39(41-37)32-18-9-16-28-29(32)21-20-26-22-34-30-15-6-7-19-35(30)43-36(34)23-33(26)28/h1-23H. The first-order valence-electron chi connectivity index (χ1n) is 14.4. The summed E-state index contributed by atoms with van der Waals surface area (Å²) in [6.07, 6.45) is 0. The molecule has 0 amide bonds. The van der Waals surface area contributed by atoms with Crippen molar-refractivity contribution in [3.05, 3.63) is 140 Å². The van der Waals surface area contributed by atoms with Crippen LogP contribution < -0.4 is 0 Å². The lowest BCUT2D eigenvalue weighted by Crippen LogP contribution is -2.01. The van der Waals surface area contributed by atoms with Crippen molar-refractivity contribution in [2.45, 2.75) is 0 Å². The van der Waals surface area contributed by atoms with Crippen LogP contribution in [0.25, 0.3) is 88.4 Å². The number of nitrogens with zero attached hydrogens (tertiary/aromatic N) is 3. The van der Waals surface area contributed by atoms with Gasteiger partial charge >= 0.3 is 0 Å². The Morgan fingerprint density at radius 2 is 1.00 bits per heavy atom. The maximum Gasteiger partial charge on any atom is 0.164 e. The molecule has 0 atom stereocenters. The molecule has 0 aliphatic heterocycles. The molecule has 0 saturated carbocycles. The van der Waals surface area contributed by atoms with E-state index < -0.39 is 0 Å². The molecule has 43 heavy (non-hydrogen) atoms. The van der Waals surface area contributed by atoms with Crippen LogP contribution in [0, 0.1) is 0 Å². The van der Waals surface area contributed by atoms with Gasteiger partial charge in [0.15, 0.2) is 17.5 Å². The largest absolute Gasteiger partial charge is 0.456 e. The molecule has 4 heteroatoms. The highest BCUT2D eigenvalue weighted by Gasteiger charge is 2.17. The maximum absolute atomic E-state index is 6.26. The zero-order valence-corrected chi connectivity index (χ0v) is 23.0. The van der Waals surface area contributed by atoms with Crippen LogP contribution in [-0.4, -0.2) is 15.0 Å². The van der Waals surface area contributed by atoms with Crippen LogP contribution in [-0.2, 0) is 0 Å². The third kappa shape index (κ3) is 3.81. The Morgan fingerprint density at radius 3 is 1.86 bits per heavy atom. The first-order valence-corrected chi connectivity index (χ1v) is 14.4. The molecule has 0 radical (unpaired) electrons. The van der Waals surface area contributed by atoms with Crippen molar-refractivity contribution < 1.29 is 4.42 Å². The van der Waals surface area contributed by atoms with Crippen molar-refractivity contribution in [1.29, 1.82) is 0 Å². The molecule has 200 valence electrons. The SMILES string of the molecule is c1ccc(-c2nc(-c3cccc4ccccc34)nc(-c3cccc4c3ccc3cc5c(cc34)oc3ccccc35)n2)cc1. The van der Waals surface area contributed by atoms with E-state index in [0.29, 0.717) is 17.5 Å². The summed E-state index contributed by atoms with van der Waals surface area (Å²) < 4.78 is 6.26. The van der Waals surface area contributed by atoms with Gasteiger partial charge in [-0.1, -0.05) is 121 Å². The van der Waals surface area contributed by atoms with E-state index >= 15 is 0 Å². The molecule has 0 N–H and O–H groups in total. The second-order valence-corrected chi connectivity index (χ2v) is 10.8. The third-order valence-corrected chi connectivity index (χ3v) is 8.31. The van der Waals surface area contributed by atoms with Gasteiger partial charge in [-0.25, -0.2) is 15.0 Å². The number of hydrogen-bond acceptors (Lipinski definition) is 4. The smallest absolute Gasteiger partial charge is 0.164 e. The van der Waals surface area contributed by atoms with E-state index in [2.05, 4.69) is 97.1 Å². The number of fused-ring (bicyclic) bond motifs is 7. The average Bonchev–Trinajstić information content (AvgIpc) is 3.44. The molecule has 4 nitrogen and oxygen atoms in total. The summed E-state index contributed by atoms with van der Waals surface area (Å²) in [4.78, 5) is 15.2. The summed E-state index contributed by atoms with van der Waals surface area (Å²) >= 11 is 0. The average molecular weight is 550 g/mol. The zero-order chi connectivity index (χ0) is 28.3. The summed E-state index contributed by atoms with van der Waals surface area (Å²) in [7, 11) is 0. The Bertz CT molecular complexity index is 2510. The van der Waals surface area contributed by atoms with Crippen molar-refractivity contribution >= 4 is 54.3 Å². The van der Waals surface area contributed by atoms with Crippen molar-refractivity contribution in [2.75, 3.05) is 0 Å². The van der Waals surface area contributed by atoms with Crippen LogP contribution >= 0.6 is 0 Å². The minimum absolute atomic E-state index is 0.645. The van der Waals surface area contributed by atoms with E-state index in [9.17, 15) is 0 Å². The quantitative estimate of drug-likeness (QED) is 0.206. The van der Waals surface area contributed by atoms with Gasteiger partial charge in [0.25, 0.3) is 0 Å². The summed E-state index contributed by atoms with van der Waals surface area (Å²) in [6.45, 7) is 0. The van der Waals surface area contributed by atoms with Crippen LogP contribution in [0.3, 0.4) is 0 Å². The van der Waals surface area contributed by atoms with Gasteiger partial charge in [0.1, 0.15) is 11.2 Å². The first kappa shape index (κ1) is 23.8. The van der Waals surface area contributed by atoms with Gasteiger partial charge in [-0.15, -0.1) is 0 Å². The molecular formula is C39H23N3O. The number of benzene rings is 7. The number of aromatic nitrogens is 3. The van der Waals surface area contributed by atoms with Gasteiger partial charge in [0, 0.05) is 27.5 Å². The molecule has 2 aromatic heterocycles. The molecule has 0 bridgehead atoms. The van der Waals surface area contributed by atoms with E-state index in [1.54, 1.807) is 0 Å². The lowest BCUT2D eigenvalue weighted by atomic mass is 9.96. The molecule has 0 fully saturated rings. The highest BCUT2D eigenvalue weighted by atomic mass is 16.3. The summed E-state index contributed by atoms with van der Waals surface area (Å²) in [5.41, 5.74) is 4.68. The normalized spacial score (nSPS) is 11.7. The van der Waals surface area contributed by atoms with Gasteiger partial charge in [-0.2, -0.15) is 0 Å². The van der Waals surface area contributed by atoms with E-state index in [0.717, 1.165) is 65.6 Å². The molecule has 0 aliphatic carbocycles. The highest BCUT2D eigenvalue weighted by Crippen LogP contribution is 2.38. The number of rotatable bonds is 3. The predicted molar refractivity (Wildman–Crippen MR) is 176 cm³/mol. The Labute approximate surface area is 246 Å². The number of hydrogen-bond donors (Lipinski definition) is 0. The fourth-order valence-corrected chi connectivity index (χ4v) is 6.26. The molecule has 0 saturated heterocycles. The molecular weight excluding hydrogens is 526 g/mol. The predicted octanol–water partition coefficient (Wildman–Crippen LogP) is 10.2. The molecule has 2 heterocycles. The molecule has 9 rings (SSSR count). The Hall–Kier alpha value is -5.87. The topological polar surface area (TPSA) is 51.8 Å². The highest BCUT2D eigenvalue weighted by molar-refractivity contribution is 6.17. The number of para-hydroxylation sites is 1. The Balaban J connectivity index is 1.30. The van der Waals surface area contributed by atoms with Gasteiger partial charge in [-0.05, 0) is 50.5 Å². The van der Waals surface area contributed by atoms with Crippen molar-refractivity contribution in [3.63, 3.8) is 0 Å². The zero-order valence-electron chi connectivity index (χ0n) is 23.0. The van der Waals surface area contributed by atoms with Crippen LogP contribution in [0.5, 0.6) is 0 Å². The third-order valence-electron chi connectivity index (χ3n) is 8.31. The lowest BCUT2D eigenvalue weighted by molar-refractivity contribution is 0.669. The van der Waals surface area contributed by atoms with Crippen LogP contribution in [0.1, 0.15) is 0 Å². The van der Waals surface area contributed by atoms with Gasteiger partial charge in [0.05, 0.1) is 0 Å². The lowest BCUT2D eigenvalue weighted by Gasteiger charge is -2.12. The second kappa shape index (κ2) is 9.33. The van der Waals surface area contributed by atoms with Gasteiger partial charge in [0.2, 0.25) is 0 Å².